The Hall–Kier alpha value is -3.43. The molecule has 2 fully saturated rings. The number of benzene rings is 2. The summed E-state index contributed by atoms with van der Waals surface area (Å²) in [6.45, 7) is 1.61. The van der Waals surface area contributed by atoms with Crippen molar-refractivity contribution in [1.82, 2.24) is 10.2 Å². The van der Waals surface area contributed by atoms with Gasteiger partial charge in [-0.15, -0.1) is 0 Å². The summed E-state index contributed by atoms with van der Waals surface area (Å²) < 4.78 is 16.2. The number of hydrogen-bond donors (Lipinski definition) is 2. The first-order valence-corrected chi connectivity index (χ1v) is 11.7. The molecule has 0 bridgehead atoms. The first kappa shape index (κ1) is 24.7. The van der Waals surface area contributed by atoms with Crippen LogP contribution < -0.4 is 15.8 Å². The lowest BCUT2D eigenvalue weighted by Crippen LogP contribution is -2.44. The van der Waals surface area contributed by atoms with E-state index in [4.69, 9.17) is 19.9 Å². The van der Waals surface area contributed by atoms with Gasteiger partial charge in [-0.2, -0.15) is 0 Å². The molecule has 2 aromatic rings. The van der Waals surface area contributed by atoms with Gasteiger partial charge in [0.25, 0.3) is 0 Å². The fourth-order valence-corrected chi connectivity index (χ4v) is 4.42. The minimum Gasteiger partial charge on any atom is -0.497 e. The molecule has 0 spiro atoms. The Labute approximate surface area is 204 Å². The molecule has 9 nitrogen and oxygen atoms in total. The lowest BCUT2D eigenvalue weighted by Gasteiger charge is -2.31. The smallest absolute Gasteiger partial charge is 0.249 e. The second kappa shape index (κ2) is 11.3. The number of carbonyl (C=O) groups excluding carboxylic acids is 3. The van der Waals surface area contributed by atoms with Gasteiger partial charge in [0.1, 0.15) is 12.4 Å². The van der Waals surface area contributed by atoms with Gasteiger partial charge >= 0.3 is 0 Å². The molecule has 4 rings (SSSR count). The van der Waals surface area contributed by atoms with Gasteiger partial charge < -0.3 is 30.2 Å². The van der Waals surface area contributed by atoms with Crippen LogP contribution in [0.2, 0.25) is 0 Å². The van der Waals surface area contributed by atoms with E-state index >= 15 is 0 Å². The summed E-state index contributed by atoms with van der Waals surface area (Å²) in [4.78, 5) is 39.5. The normalized spacial score (nSPS) is 20.1. The number of hydrogen-bond acceptors (Lipinski definition) is 6. The van der Waals surface area contributed by atoms with Gasteiger partial charge in [-0.05, 0) is 35.7 Å². The van der Waals surface area contributed by atoms with E-state index in [-0.39, 0.29) is 42.6 Å². The van der Waals surface area contributed by atoms with Gasteiger partial charge in [-0.1, -0.05) is 30.3 Å². The zero-order valence-corrected chi connectivity index (χ0v) is 19.8. The van der Waals surface area contributed by atoms with E-state index in [9.17, 15) is 14.4 Å². The molecule has 1 aliphatic carbocycles. The van der Waals surface area contributed by atoms with E-state index in [1.165, 1.54) is 0 Å². The summed E-state index contributed by atoms with van der Waals surface area (Å²) in [6, 6.07) is 14.6. The quantitative estimate of drug-likeness (QED) is 0.530. The van der Waals surface area contributed by atoms with Crippen molar-refractivity contribution in [2.24, 2.45) is 5.73 Å². The van der Waals surface area contributed by atoms with Crippen molar-refractivity contribution in [3.63, 3.8) is 0 Å². The molecule has 2 aliphatic rings. The summed E-state index contributed by atoms with van der Waals surface area (Å²) in [6.07, 6.45) is 0.863. The van der Waals surface area contributed by atoms with Crippen molar-refractivity contribution >= 4 is 17.7 Å². The molecule has 3 N–H and O–H groups in total. The van der Waals surface area contributed by atoms with Crippen LogP contribution in [0.3, 0.4) is 0 Å². The monoisotopic (exact) mass is 481 g/mol. The van der Waals surface area contributed by atoms with E-state index in [0.29, 0.717) is 31.9 Å². The number of morpholine rings is 1. The number of methoxy groups -OCH3 is 1. The molecule has 1 saturated carbocycles. The van der Waals surface area contributed by atoms with Gasteiger partial charge in [0.15, 0.2) is 0 Å². The number of nitrogens with one attached hydrogen (secondary N) is 1. The lowest BCUT2D eigenvalue weighted by atomic mass is 9.93. The lowest BCUT2D eigenvalue weighted by molar-refractivity contribution is -0.139. The molecule has 1 heterocycles. The minimum atomic E-state index is -0.752. The minimum absolute atomic E-state index is 0.0412. The third-order valence-corrected chi connectivity index (χ3v) is 6.42. The first-order valence-electron chi connectivity index (χ1n) is 11.7. The van der Waals surface area contributed by atoms with Crippen molar-refractivity contribution < 1.29 is 28.6 Å². The SMILES string of the molecule is COc1ccc([C@@H]2C[C@H]2NC(=O)COC[C@@H](C(=O)N2CCOCC2)c2ccccc2C(N)=O)cc1. The van der Waals surface area contributed by atoms with Gasteiger partial charge in [-0.3, -0.25) is 14.4 Å². The summed E-state index contributed by atoms with van der Waals surface area (Å²) in [5, 5.41) is 2.99. The first-order chi connectivity index (χ1) is 17.0. The maximum atomic E-state index is 13.3. The molecule has 35 heavy (non-hydrogen) atoms. The van der Waals surface area contributed by atoms with Crippen molar-refractivity contribution in [2.75, 3.05) is 46.6 Å². The predicted molar refractivity (Wildman–Crippen MR) is 128 cm³/mol. The van der Waals surface area contributed by atoms with E-state index in [0.717, 1.165) is 17.7 Å². The highest BCUT2D eigenvalue weighted by Gasteiger charge is 2.39. The van der Waals surface area contributed by atoms with Crippen LogP contribution in [-0.2, 0) is 19.1 Å². The zero-order valence-electron chi connectivity index (χ0n) is 19.8. The highest BCUT2D eigenvalue weighted by molar-refractivity contribution is 5.97. The van der Waals surface area contributed by atoms with Crippen LogP contribution in [0.1, 0.15) is 39.7 Å². The van der Waals surface area contributed by atoms with Crippen molar-refractivity contribution in [3.8, 4) is 5.75 Å². The molecule has 9 heteroatoms. The molecule has 186 valence electrons. The molecular weight excluding hydrogens is 450 g/mol. The number of primary amides is 1. The average Bonchev–Trinajstić information content (AvgIpc) is 3.65. The Balaban J connectivity index is 1.35. The highest BCUT2D eigenvalue weighted by atomic mass is 16.5. The topological polar surface area (TPSA) is 120 Å². The van der Waals surface area contributed by atoms with Crippen LogP contribution in [0.25, 0.3) is 0 Å². The number of nitrogens with zero attached hydrogens (tertiary/aromatic N) is 1. The Morgan fingerprint density at radius 3 is 2.51 bits per heavy atom. The van der Waals surface area contributed by atoms with E-state index in [2.05, 4.69) is 5.32 Å². The van der Waals surface area contributed by atoms with E-state index < -0.39 is 11.8 Å². The summed E-state index contributed by atoms with van der Waals surface area (Å²) in [5.74, 6) is -0.727. The van der Waals surface area contributed by atoms with Crippen molar-refractivity contribution in [2.45, 2.75) is 24.3 Å². The maximum Gasteiger partial charge on any atom is 0.249 e. The predicted octanol–water partition coefficient (Wildman–Crippen LogP) is 1.43. The second-order valence-electron chi connectivity index (χ2n) is 8.75. The largest absolute Gasteiger partial charge is 0.497 e. The summed E-state index contributed by atoms with van der Waals surface area (Å²) >= 11 is 0. The van der Waals surface area contributed by atoms with Crippen LogP contribution in [-0.4, -0.2) is 75.3 Å². The van der Waals surface area contributed by atoms with Gasteiger partial charge in [0.2, 0.25) is 17.7 Å². The Kier molecular flexibility index (Phi) is 7.99. The number of rotatable bonds is 10. The molecule has 0 radical (unpaired) electrons. The number of carbonyl (C=O) groups is 3. The average molecular weight is 482 g/mol. The van der Waals surface area contributed by atoms with Crippen molar-refractivity contribution in [1.29, 1.82) is 0 Å². The fraction of sp³-hybridized carbons (Fsp3) is 0.423. The number of amides is 3. The van der Waals surface area contributed by atoms with Crippen LogP contribution in [0.5, 0.6) is 5.75 Å². The standard InChI is InChI=1S/C26H31N3O6/c1-33-18-8-6-17(7-9-18)21-14-23(21)28-24(30)16-35-15-22(26(32)29-10-12-34-13-11-29)19-4-2-3-5-20(19)25(27)31/h2-9,21-23H,10-16H2,1H3,(H2,27,31)(H,28,30)/t21-,22+,23+/m0/s1. The van der Waals surface area contributed by atoms with Crippen LogP contribution >= 0.6 is 0 Å². The third kappa shape index (κ3) is 6.17. The molecule has 2 aromatic carbocycles. The summed E-state index contributed by atoms with van der Waals surface area (Å²) in [5.41, 5.74) is 7.47. The number of nitrogens with two attached hydrogens (primary N) is 1. The van der Waals surface area contributed by atoms with Crippen LogP contribution in [0.4, 0.5) is 0 Å². The van der Waals surface area contributed by atoms with E-state index in [1.807, 2.05) is 24.3 Å². The molecule has 1 aliphatic heterocycles. The van der Waals surface area contributed by atoms with Gasteiger partial charge in [0, 0.05) is 30.6 Å². The molecule has 1 saturated heterocycles. The molecular formula is C26H31N3O6. The molecule has 3 atom stereocenters. The fourth-order valence-electron chi connectivity index (χ4n) is 4.42. The van der Waals surface area contributed by atoms with Crippen LogP contribution in [0, 0.1) is 0 Å². The molecule has 3 amide bonds. The zero-order chi connectivity index (χ0) is 24.8. The molecule has 0 aromatic heterocycles. The van der Waals surface area contributed by atoms with Crippen LogP contribution in [0.15, 0.2) is 48.5 Å². The van der Waals surface area contributed by atoms with Crippen molar-refractivity contribution in [3.05, 3.63) is 65.2 Å². The number of ether oxygens (including phenoxy) is 3. The Morgan fingerprint density at radius 1 is 1.11 bits per heavy atom. The third-order valence-electron chi connectivity index (χ3n) is 6.42. The Bertz CT molecular complexity index is 1050. The molecule has 0 unspecified atom stereocenters. The summed E-state index contributed by atoms with van der Waals surface area (Å²) in [7, 11) is 1.63. The second-order valence-corrected chi connectivity index (χ2v) is 8.75. The van der Waals surface area contributed by atoms with E-state index in [1.54, 1.807) is 36.3 Å². The maximum absolute atomic E-state index is 13.3. The highest BCUT2D eigenvalue weighted by Crippen LogP contribution is 2.41. The Morgan fingerprint density at radius 2 is 1.83 bits per heavy atom. The van der Waals surface area contributed by atoms with Gasteiger partial charge in [0.05, 0.1) is 32.8 Å². The van der Waals surface area contributed by atoms with Gasteiger partial charge in [-0.25, -0.2) is 0 Å².